The molecule has 1 atom stereocenters. The third kappa shape index (κ3) is 1.55. The van der Waals surface area contributed by atoms with E-state index in [0.29, 0.717) is 5.69 Å². The van der Waals surface area contributed by atoms with Gasteiger partial charge < -0.3 is 0 Å². The molecular formula is C13H13FN2O. The van der Waals surface area contributed by atoms with Gasteiger partial charge in [-0.15, -0.1) is 0 Å². The lowest BCUT2D eigenvalue weighted by Gasteiger charge is -2.16. The van der Waals surface area contributed by atoms with Gasteiger partial charge in [0.05, 0.1) is 17.3 Å². The number of carbonyl (C=O) groups is 1. The predicted molar refractivity (Wildman–Crippen MR) is 63.4 cm³/mol. The molecule has 0 saturated heterocycles. The van der Waals surface area contributed by atoms with E-state index < -0.39 is 0 Å². The Hall–Kier alpha value is -1.71. The number of carbonyl (C=O) groups excluding carboxylic acids is 1. The minimum Gasteiger partial charge on any atom is -0.272 e. The smallest absolute Gasteiger partial charge is 0.256 e. The normalized spacial score (nSPS) is 22.9. The van der Waals surface area contributed by atoms with Crippen molar-refractivity contribution in [2.75, 3.05) is 5.01 Å². The number of hydrogen-bond donors (Lipinski definition) is 0. The van der Waals surface area contributed by atoms with Gasteiger partial charge in [-0.1, -0.05) is 0 Å². The molecule has 0 bridgehead atoms. The van der Waals surface area contributed by atoms with Gasteiger partial charge in [-0.25, -0.2) is 4.39 Å². The third-order valence-electron chi connectivity index (χ3n) is 3.45. The van der Waals surface area contributed by atoms with E-state index in [9.17, 15) is 9.18 Å². The first-order valence-electron chi connectivity index (χ1n) is 5.84. The summed E-state index contributed by atoms with van der Waals surface area (Å²) >= 11 is 0. The summed E-state index contributed by atoms with van der Waals surface area (Å²) in [6.07, 6.45) is 2.85. The van der Waals surface area contributed by atoms with Crippen molar-refractivity contribution in [3.63, 3.8) is 0 Å². The second-order valence-electron chi connectivity index (χ2n) is 4.62. The third-order valence-corrected chi connectivity index (χ3v) is 3.45. The van der Waals surface area contributed by atoms with Crippen LogP contribution in [0.1, 0.15) is 24.8 Å². The summed E-state index contributed by atoms with van der Waals surface area (Å²) < 4.78 is 13.0. The van der Waals surface area contributed by atoms with Crippen LogP contribution < -0.4 is 5.01 Å². The molecule has 3 rings (SSSR count). The van der Waals surface area contributed by atoms with Crippen molar-refractivity contribution in [3.8, 4) is 0 Å². The molecule has 1 amide bonds. The Labute approximate surface area is 98.9 Å². The molecule has 0 spiro atoms. The van der Waals surface area contributed by atoms with Gasteiger partial charge in [0, 0.05) is 0 Å². The van der Waals surface area contributed by atoms with Crippen molar-refractivity contribution in [1.82, 2.24) is 0 Å². The van der Waals surface area contributed by atoms with Crippen LogP contribution in [0.15, 0.2) is 23.3 Å². The van der Waals surface area contributed by atoms with E-state index in [0.717, 1.165) is 30.5 Å². The highest BCUT2D eigenvalue weighted by Gasteiger charge is 2.39. The second kappa shape index (κ2) is 3.65. The number of halogens is 1. The number of benzene rings is 1. The van der Waals surface area contributed by atoms with E-state index in [4.69, 9.17) is 0 Å². The summed E-state index contributed by atoms with van der Waals surface area (Å²) in [5, 5.41) is 5.81. The molecule has 1 aliphatic heterocycles. The molecule has 1 fully saturated rings. The molecule has 1 aliphatic carbocycles. The van der Waals surface area contributed by atoms with Crippen LogP contribution in [0.5, 0.6) is 0 Å². The summed E-state index contributed by atoms with van der Waals surface area (Å²) in [7, 11) is 0. The standard InChI is InChI=1S/C13H13FN2O/c1-8-7-9(14)5-6-12(8)16-13(17)10-3-2-4-11(10)15-16/h5-7,10H,2-4H2,1H3. The second-order valence-corrected chi connectivity index (χ2v) is 4.62. The van der Waals surface area contributed by atoms with Gasteiger partial charge >= 0.3 is 0 Å². The van der Waals surface area contributed by atoms with E-state index in [1.807, 2.05) is 0 Å². The number of nitrogens with zero attached hydrogens (tertiary/aromatic N) is 2. The molecule has 0 radical (unpaired) electrons. The highest BCUT2D eigenvalue weighted by atomic mass is 19.1. The average Bonchev–Trinajstić information content (AvgIpc) is 2.83. The van der Waals surface area contributed by atoms with Gasteiger partial charge in [0.2, 0.25) is 0 Å². The van der Waals surface area contributed by atoms with E-state index in [1.54, 1.807) is 13.0 Å². The minimum atomic E-state index is -0.286. The molecule has 17 heavy (non-hydrogen) atoms. The van der Waals surface area contributed by atoms with Crippen LogP contribution in [0.4, 0.5) is 10.1 Å². The molecule has 1 heterocycles. The maximum absolute atomic E-state index is 13.0. The van der Waals surface area contributed by atoms with Gasteiger partial charge in [0.1, 0.15) is 5.82 Å². The molecular weight excluding hydrogens is 219 g/mol. The van der Waals surface area contributed by atoms with Crippen molar-refractivity contribution < 1.29 is 9.18 Å². The molecule has 0 N–H and O–H groups in total. The van der Waals surface area contributed by atoms with Crippen molar-refractivity contribution in [3.05, 3.63) is 29.6 Å². The Balaban J connectivity index is 2.00. The van der Waals surface area contributed by atoms with Crippen molar-refractivity contribution >= 4 is 17.3 Å². The number of fused-ring (bicyclic) bond motifs is 1. The first-order valence-corrected chi connectivity index (χ1v) is 5.84. The molecule has 2 aliphatic rings. The molecule has 1 saturated carbocycles. The quantitative estimate of drug-likeness (QED) is 0.732. The number of hydrogen-bond acceptors (Lipinski definition) is 2. The zero-order chi connectivity index (χ0) is 12.0. The Bertz CT molecular complexity index is 524. The lowest BCUT2D eigenvalue weighted by atomic mass is 10.1. The van der Waals surface area contributed by atoms with Gasteiger partial charge in [0.25, 0.3) is 5.91 Å². The lowest BCUT2D eigenvalue weighted by Crippen LogP contribution is -2.26. The average molecular weight is 232 g/mol. The molecule has 1 unspecified atom stereocenters. The molecule has 3 nitrogen and oxygen atoms in total. The van der Waals surface area contributed by atoms with E-state index in [-0.39, 0.29) is 17.6 Å². The van der Waals surface area contributed by atoms with Crippen molar-refractivity contribution in [1.29, 1.82) is 0 Å². The molecule has 4 heteroatoms. The van der Waals surface area contributed by atoms with Gasteiger partial charge in [-0.2, -0.15) is 10.1 Å². The summed E-state index contributed by atoms with van der Waals surface area (Å²) in [6, 6.07) is 4.41. The number of anilines is 1. The van der Waals surface area contributed by atoms with Crippen molar-refractivity contribution in [2.45, 2.75) is 26.2 Å². The van der Waals surface area contributed by atoms with Gasteiger partial charge in [-0.3, -0.25) is 4.79 Å². The number of hydrazone groups is 1. The SMILES string of the molecule is Cc1cc(F)ccc1N1N=C2CCCC2C1=O. The van der Waals surface area contributed by atoms with Gasteiger partial charge in [-0.05, 0) is 49.9 Å². The van der Waals surface area contributed by atoms with Crippen LogP contribution in [0, 0.1) is 18.7 Å². The highest BCUT2D eigenvalue weighted by Crippen LogP contribution is 2.34. The fraction of sp³-hybridized carbons (Fsp3) is 0.385. The summed E-state index contributed by atoms with van der Waals surface area (Å²) in [5.74, 6) is -0.280. The molecule has 1 aromatic rings. The minimum absolute atomic E-state index is 0.0283. The van der Waals surface area contributed by atoms with Crippen molar-refractivity contribution in [2.24, 2.45) is 11.0 Å². The van der Waals surface area contributed by atoms with Crippen LogP contribution in [0.3, 0.4) is 0 Å². The van der Waals surface area contributed by atoms with Crippen LogP contribution in [0.25, 0.3) is 0 Å². The first kappa shape index (κ1) is 10.4. The molecule has 88 valence electrons. The summed E-state index contributed by atoms with van der Waals surface area (Å²) in [6.45, 7) is 1.79. The Morgan fingerprint density at radius 3 is 3.00 bits per heavy atom. The van der Waals surface area contributed by atoms with E-state index in [1.165, 1.54) is 17.1 Å². The summed E-state index contributed by atoms with van der Waals surface area (Å²) in [5.41, 5.74) is 2.42. The fourth-order valence-electron chi connectivity index (χ4n) is 2.57. The monoisotopic (exact) mass is 232 g/mol. The van der Waals surface area contributed by atoms with Crippen LogP contribution in [-0.4, -0.2) is 11.6 Å². The van der Waals surface area contributed by atoms with E-state index >= 15 is 0 Å². The number of aryl methyl sites for hydroxylation is 1. The molecule has 0 aromatic heterocycles. The lowest BCUT2D eigenvalue weighted by molar-refractivity contribution is -0.119. The maximum atomic E-state index is 13.0. The predicted octanol–water partition coefficient (Wildman–Crippen LogP) is 2.64. The maximum Gasteiger partial charge on any atom is 0.256 e. The number of amides is 1. The number of rotatable bonds is 1. The summed E-state index contributed by atoms with van der Waals surface area (Å²) in [4.78, 5) is 12.1. The topological polar surface area (TPSA) is 32.7 Å². The Morgan fingerprint density at radius 1 is 1.47 bits per heavy atom. The van der Waals surface area contributed by atoms with E-state index in [2.05, 4.69) is 5.10 Å². The highest BCUT2D eigenvalue weighted by molar-refractivity contribution is 6.16. The first-order chi connectivity index (χ1) is 8.16. The largest absolute Gasteiger partial charge is 0.272 e. The Kier molecular flexibility index (Phi) is 2.24. The Morgan fingerprint density at radius 2 is 2.29 bits per heavy atom. The fourth-order valence-corrected chi connectivity index (χ4v) is 2.57. The molecule has 1 aromatic carbocycles. The zero-order valence-corrected chi connectivity index (χ0v) is 9.61. The van der Waals surface area contributed by atoms with Crippen LogP contribution in [0.2, 0.25) is 0 Å². The van der Waals surface area contributed by atoms with Gasteiger partial charge in [0.15, 0.2) is 0 Å². The van der Waals surface area contributed by atoms with Crippen LogP contribution in [-0.2, 0) is 4.79 Å². The van der Waals surface area contributed by atoms with Crippen LogP contribution >= 0.6 is 0 Å². The zero-order valence-electron chi connectivity index (χ0n) is 9.61.